The van der Waals surface area contributed by atoms with Crippen LogP contribution in [0.25, 0.3) is 0 Å². The summed E-state index contributed by atoms with van der Waals surface area (Å²) < 4.78 is 25.4. The SMILES string of the molecule is C=CCCCCCCCOCC(COCCOC(c1ccccc1)(c1ccccc1)c1ccccc1)OCCCCCCCC=C. The molecule has 0 spiro atoms. The molecule has 4 heteroatoms. The molecule has 0 saturated heterocycles. The van der Waals surface area contributed by atoms with Crippen LogP contribution in [0.1, 0.15) is 93.7 Å². The Morgan fingerprint density at radius 2 is 0.891 bits per heavy atom. The van der Waals surface area contributed by atoms with Gasteiger partial charge in [-0.2, -0.15) is 0 Å². The van der Waals surface area contributed by atoms with Crippen molar-refractivity contribution in [2.45, 2.75) is 88.8 Å². The number of unbranched alkanes of at least 4 members (excludes halogenated alkanes) is 10. The Bertz CT molecular complexity index is 1050. The van der Waals surface area contributed by atoms with Crippen LogP contribution in [0.5, 0.6) is 0 Å². The first-order chi connectivity index (χ1) is 22.8. The second kappa shape index (κ2) is 24.2. The van der Waals surface area contributed by atoms with E-state index in [9.17, 15) is 0 Å². The van der Waals surface area contributed by atoms with Gasteiger partial charge in [0.15, 0.2) is 0 Å². The van der Waals surface area contributed by atoms with E-state index in [2.05, 4.69) is 86.0 Å². The Hall–Kier alpha value is -3.02. The maximum atomic E-state index is 6.87. The summed E-state index contributed by atoms with van der Waals surface area (Å²) in [5, 5.41) is 0. The van der Waals surface area contributed by atoms with Crippen LogP contribution in [0.4, 0.5) is 0 Å². The smallest absolute Gasteiger partial charge is 0.143 e. The van der Waals surface area contributed by atoms with Gasteiger partial charge in [0.2, 0.25) is 0 Å². The molecule has 3 aromatic rings. The Morgan fingerprint density at radius 1 is 0.478 bits per heavy atom. The van der Waals surface area contributed by atoms with E-state index >= 15 is 0 Å². The van der Waals surface area contributed by atoms with Gasteiger partial charge in [-0.15, -0.1) is 13.2 Å². The molecule has 3 aromatic carbocycles. The lowest BCUT2D eigenvalue weighted by Gasteiger charge is -2.36. The highest BCUT2D eigenvalue weighted by molar-refractivity contribution is 5.47. The van der Waals surface area contributed by atoms with Crippen LogP contribution in [0.3, 0.4) is 0 Å². The highest BCUT2D eigenvalue weighted by atomic mass is 16.6. The van der Waals surface area contributed by atoms with Gasteiger partial charge in [-0.05, 0) is 55.2 Å². The van der Waals surface area contributed by atoms with E-state index in [-0.39, 0.29) is 6.10 Å². The Balaban J connectivity index is 1.53. The van der Waals surface area contributed by atoms with Gasteiger partial charge in [-0.25, -0.2) is 0 Å². The van der Waals surface area contributed by atoms with Crippen molar-refractivity contribution in [3.8, 4) is 0 Å². The molecular formula is C42H58O4. The lowest BCUT2D eigenvalue weighted by molar-refractivity contribution is -0.0778. The van der Waals surface area contributed by atoms with Crippen molar-refractivity contribution in [1.29, 1.82) is 0 Å². The highest BCUT2D eigenvalue weighted by Gasteiger charge is 2.37. The summed E-state index contributed by atoms with van der Waals surface area (Å²) in [5.74, 6) is 0. The molecule has 0 aliphatic rings. The molecule has 0 aliphatic carbocycles. The molecule has 0 saturated carbocycles. The molecule has 0 radical (unpaired) electrons. The molecule has 250 valence electrons. The molecule has 0 fully saturated rings. The van der Waals surface area contributed by atoms with E-state index in [0.29, 0.717) is 26.4 Å². The fourth-order valence-corrected chi connectivity index (χ4v) is 5.79. The normalized spacial score (nSPS) is 12.2. The number of hydrogen-bond donors (Lipinski definition) is 0. The van der Waals surface area contributed by atoms with Crippen LogP contribution in [-0.4, -0.2) is 45.7 Å². The predicted molar refractivity (Wildman–Crippen MR) is 192 cm³/mol. The van der Waals surface area contributed by atoms with Crippen LogP contribution in [0.15, 0.2) is 116 Å². The van der Waals surface area contributed by atoms with E-state index in [4.69, 9.17) is 18.9 Å². The summed E-state index contributed by atoms with van der Waals surface area (Å²) in [6.45, 7) is 11.1. The van der Waals surface area contributed by atoms with Gasteiger partial charge in [-0.1, -0.05) is 142 Å². The Kier molecular flexibility index (Phi) is 19.7. The summed E-state index contributed by atoms with van der Waals surface area (Å²) >= 11 is 0. The zero-order valence-corrected chi connectivity index (χ0v) is 28.2. The van der Waals surface area contributed by atoms with E-state index in [1.807, 2.05) is 30.4 Å². The monoisotopic (exact) mass is 626 g/mol. The first-order valence-electron chi connectivity index (χ1n) is 17.6. The Morgan fingerprint density at radius 3 is 1.37 bits per heavy atom. The fraction of sp³-hybridized carbons (Fsp3) is 0.476. The van der Waals surface area contributed by atoms with Gasteiger partial charge in [0.05, 0.1) is 26.4 Å². The molecule has 46 heavy (non-hydrogen) atoms. The van der Waals surface area contributed by atoms with Gasteiger partial charge in [0.1, 0.15) is 11.7 Å². The predicted octanol–water partition coefficient (Wildman–Crippen LogP) is 10.5. The van der Waals surface area contributed by atoms with Gasteiger partial charge in [0.25, 0.3) is 0 Å². The first kappa shape index (κ1) is 37.4. The minimum absolute atomic E-state index is 0.0875. The van der Waals surface area contributed by atoms with E-state index in [1.54, 1.807) is 0 Å². The highest BCUT2D eigenvalue weighted by Crippen LogP contribution is 2.40. The Labute approximate surface area is 279 Å². The van der Waals surface area contributed by atoms with Crippen LogP contribution < -0.4 is 0 Å². The van der Waals surface area contributed by atoms with Crippen LogP contribution in [0, 0.1) is 0 Å². The fourth-order valence-electron chi connectivity index (χ4n) is 5.79. The van der Waals surface area contributed by atoms with Crippen LogP contribution in [-0.2, 0) is 24.5 Å². The molecule has 0 heterocycles. The summed E-state index contributed by atoms with van der Waals surface area (Å²) in [6.07, 6.45) is 18.2. The molecule has 0 aliphatic heterocycles. The average molecular weight is 627 g/mol. The van der Waals surface area contributed by atoms with Gasteiger partial charge in [0, 0.05) is 13.2 Å². The van der Waals surface area contributed by atoms with Crippen molar-refractivity contribution in [2.75, 3.05) is 39.6 Å². The molecule has 0 amide bonds. The number of hydrogen-bond acceptors (Lipinski definition) is 4. The van der Waals surface area contributed by atoms with Crippen molar-refractivity contribution < 1.29 is 18.9 Å². The van der Waals surface area contributed by atoms with Gasteiger partial charge < -0.3 is 18.9 Å². The lowest BCUT2D eigenvalue weighted by atomic mass is 9.80. The zero-order chi connectivity index (χ0) is 32.4. The summed E-state index contributed by atoms with van der Waals surface area (Å²) in [4.78, 5) is 0. The standard InChI is InChI=1S/C42H58O4/c1-3-5-7-9-11-13-24-32-43-36-41(45-33-25-14-12-10-8-6-4-2)37-44-34-35-46-42(38-26-18-15-19-27-38,39-28-20-16-21-29-39)40-30-22-17-23-31-40/h3-4,15-23,26-31,41H,1-2,5-14,24-25,32-37H2. The number of ether oxygens (including phenoxy) is 4. The third-order valence-electron chi connectivity index (χ3n) is 8.30. The topological polar surface area (TPSA) is 36.9 Å². The van der Waals surface area contributed by atoms with Crippen molar-refractivity contribution in [2.24, 2.45) is 0 Å². The summed E-state index contributed by atoms with van der Waals surface area (Å²) in [5.41, 5.74) is 2.52. The molecular weight excluding hydrogens is 568 g/mol. The van der Waals surface area contributed by atoms with Gasteiger partial charge >= 0.3 is 0 Å². The molecule has 0 aromatic heterocycles. The number of allylic oxidation sites excluding steroid dienone is 2. The number of rotatable bonds is 28. The summed E-state index contributed by atoms with van der Waals surface area (Å²) in [7, 11) is 0. The molecule has 1 atom stereocenters. The maximum absolute atomic E-state index is 6.87. The molecule has 4 nitrogen and oxygen atoms in total. The zero-order valence-electron chi connectivity index (χ0n) is 28.2. The molecule has 0 N–H and O–H groups in total. The van der Waals surface area contributed by atoms with E-state index in [0.717, 1.165) is 55.6 Å². The van der Waals surface area contributed by atoms with Crippen LogP contribution in [0.2, 0.25) is 0 Å². The second-order valence-corrected chi connectivity index (χ2v) is 12.0. The molecule has 3 rings (SSSR count). The quantitative estimate of drug-likeness (QED) is 0.0456. The maximum Gasteiger partial charge on any atom is 0.143 e. The molecule has 0 bridgehead atoms. The first-order valence-corrected chi connectivity index (χ1v) is 17.6. The van der Waals surface area contributed by atoms with E-state index < -0.39 is 5.60 Å². The number of benzene rings is 3. The average Bonchev–Trinajstić information content (AvgIpc) is 3.11. The second-order valence-electron chi connectivity index (χ2n) is 12.0. The minimum atomic E-state index is -0.747. The molecule has 1 unspecified atom stereocenters. The van der Waals surface area contributed by atoms with Crippen LogP contribution >= 0.6 is 0 Å². The lowest BCUT2D eigenvalue weighted by Crippen LogP contribution is -2.34. The third-order valence-corrected chi connectivity index (χ3v) is 8.30. The minimum Gasteiger partial charge on any atom is -0.379 e. The van der Waals surface area contributed by atoms with Crippen molar-refractivity contribution in [3.05, 3.63) is 133 Å². The van der Waals surface area contributed by atoms with Crippen molar-refractivity contribution in [1.82, 2.24) is 0 Å². The summed E-state index contributed by atoms with van der Waals surface area (Å²) in [6, 6.07) is 31.4. The van der Waals surface area contributed by atoms with Crippen molar-refractivity contribution in [3.63, 3.8) is 0 Å². The van der Waals surface area contributed by atoms with E-state index in [1.165, 1.54) is 51.4 Å². The van der Waals surface area contributed by atoms with Gasteiger partial charge in [-0.3, -0.25) is 0 Å². The largest absolute Gasteiger partial charge is 0.379 e. The third kappa shape index (κ3) is 13.8. The van der Waals surface area contributed by atoms with Crippen molar-refractivity contribution >= 4 is 0 Å².